The van der Waals surface area contributed by atoms with Crippen LogP contribution < -0.4 is 10.6 Å². The summed E-state index contributed by atoms with van der Waals surface area (Å²) in [7, 11) is 1.26. The zero-order chi connectivity index (χ0) is 10.7. The van der Waals surface area contributed by atoms with Gasteiger partial charge in [0.25, 0.3) is 5.56 Å². The fraction of sp³-hybridized carbons (Fsp3) is 0.143. The molecule has 1 amide bonds. The number of aromatic nitrogens is 2. The first-order valence-electron chi connectivity index (χ1n) is 3.51. The lowest BCUT2D eigenvalue weighted by Gasteiger charge is -2.15. The monoisotopic (exact) mass is 194 g/mol. The molecule has 72 valence electrons. The Hall–Kier alpha value is -2.36. The summed E-state index contributed by atoms with van der Waals surface area (Å²) in [5.74, 6) is 0. The maximum Gasteiger partial charge on any atom is 0.426 e. The number of nitriles is 1. The summed E-state index contributed by atoms with van der Waals surface area (Å²) in [5.41, 5.74) is -0.886. The third-order valence-electron chi connectivity index (χ3n) is 1.53. The summed E-state index contributed by atoms with van der Waals surface area (Å²) >= 11 is 0. The van der Waals surface area contributed by atoms with E-state index in [9.17, 15) is 9.59 Å². The average Bonchev–Trinajstić information content (AvgIpc) is 2.17. The smallest absolute Gasteiger partial charge is 0.426 e. The minimum Gasteiger partial charge on any atom is -0.464 e. The third-order valence-corrected chi connectivity index (χ3v) is 1.53. The molecule has 0 saturated carbocycles. The molecule has 1 heterocycles. The summed E-state index contributed by atoms with van der Waals surface area (Å²) in [6.45, 7) is 0. The van der Waals surface area contributed by atoms with Crippen LogP contribution >= 0.6 is 0 Å². The van der Waals surface area contributed by atoms with Gasteiger partial charge in [-0.15, -0.1) is 0 Å². The minimum absolute atomic E-state index is 0.208. The maximum atomic E-state index is 10.9. The molecule has 1 aromatic rings. The van der Waals surface area contributed by atoms with Crippen LogP contribution in [-0.4, -0.2) is 27.9 Å². The Morgan fingerprint density at radius 2 is 2.43 bits per heavy atom. The van der Waals surface area contributed by atoms with Crippen molar-refractivity contribution in [1.29, 1.82) is 5.26 Å². The number of rotatable bonds is 1. The summed E-state index contributed by atoms with van der Waals surface area (Å²) in [4.78, 5) is 24.7. The van der Waals surface area contributed by atoms with E-state index in [2.05, 4.69) is 4.98 Å². The first-order valence-corrected chi connectivity index (χ1v) is 3.51. The third kappa shape index (κ3) is 1.69. The predicted octanol–water partition coefficient (Wildman–Crippen LogP) is -0.639. The van der Waals surface area contributed by atoms with Gasteiger partial charge in [0.1, 0.15) is 18.0 Å². The van der Waals surface area contributed by atoms with Crippen LogP contribution in [0.5, 0.6) is 0 Å². The lowest BCUT2D eigenvalue weighted by molar-refractivity contribution is 0.196. The standard InChI is InChI=1S/C7H6N4O3/c1-10(7(13)14)11-3-5(2-8)6(12)9-4-11/h3-4H,1H3,(H,13,14). The van der Waals surface area contributed by atoms with Crippen LogP contribution in [0.15, 0.2) is 17.3 Å². The van der Waals surface area contributed by atoms with E-state index in [-0.39, 0.29) is 5.56 Å². The van der Waals surface area contributed by atoms with Gasteiger partial charge < -0.3 is 5.11 Å². The Morgan fingerprint density at radius 1 is 1.79 bits per heavy atom. The molecule has 0 unspecified atom stereocenters. The molecule has 14 heavy (non-hydrogen) atoms. The number of nitrogens with zero attached hydrogens (tertiary/aromatic N) is 4. The molecule has 0 fully saturated rings. The second-order valence-corrected chi connectivity index (χ2v) is 2.39. The Labute approximate surface area is 78.4 Å². The number of carboxylic acid groups (broad SMARTS) is 1. The van der Waals surface area contributed by atoms with Gasteiger partial charge >= 0.3 is 6.09 Å². The molecule has 7 nitrogen and oxygen atoms in total. The summed E-state index contributed by atoms with van der Waals surface area (Å²) in [5, 5.41) is 17.9. The molecule has 0 atom stereocenters. The highest BCUT2D eigenvalue weighted by atomic mass is 16.4. The quantitative estimate of drug-likeness (QED) is 0.641. The van der Waals surface area contributed by atoms with Crippen LogP contribution in [0, 0.1) is 11.3 Å². The molecule has 0 aliphatic heterocycles. The lowest BCUT2D eigenvalue weighted by Crippen LogP contribution is -2.36. The zero-order valence-corrected chi connectivity index (χ0v) is 7.21. The molecule has 0 radical (unpaired) electrons. The molecule has 1 rings (SSSR count). The van der Waals surface area contributed by atoms with Gasteiger partial charge in [-0.2, -0.15) is 10.2 Å². The van der Waals surface area contributed by atoms with Crippen molar-refractivity contribution in [3.8, 4) is 6.07 Å². The average molecular weight is 194 g/mol. The fourth-order valence-corrected chi connectivity index (χ4v) is 0.741. The Balaban J connectivity index is 3.21. The van der Waals surface area contributed by atoms with Gasteiger partial charge in [-0.1, -0.05) is 0 Å². The highest BCUT2D eigenvalue weighted by Gasteiger charge is 2.08. The van der Waals surface area contributed by atoms with E-state index in [1.165, 1.54) is 7.05 Å². The van der Waals surface area contributed by atoms with E-state index in [4.69, 9.17) is 10.4 Å². The van der Waals surface area contributed by atoms with E-state index in [1.54, 1.807) is 6.07 Å². The van der Waals surface area contributed by atoms with Crippen molar-refractivity contribution in [1.82, 2.24) is 9.66 Å². The molecular formula is C7H6N4O3. The largest absolute Gasteiger partial charge is 0.464 e. The van der Waals surface area contributed by atoms with Crippen LogP contribution in [0.25, 0.3) is 0 Å². The van der Waals surface area contributed by atoms with Gasteiger partial charge in [0.15, 0.2) is 0 Å². The molecule has 0 aromatic carbocycles. The van der Waals surface area contributed by atoms with Crippen molar-refractivity contribution in [3.63, 3.8) is 0 Å². The Kier molecular flexibility index (Phi) is 2.48. The van der Waals surface area contributed by atoms with Gasteiger partial charge in [-0.25, -0.2) is 14.5 Å². The number of hydrogen-bond donors (Lipinski definition) is 1. The van der Waals surface area contributed by atoms with Crippen molar-refractivity contribution in [3.05, 3.63) is 28.4 Å². The van der Waals surface area contributed by atoms with Crippen LogP contribution in [0.4, 0.5) is 4.79 Å². The topological polar surface area (TPSA) is 99.2 Å². The van der Waals surface area contributed by atoms with Gasteiger partial charge in [0, 0.05) is 7.05 Å². The minimum atomic E-state index is -1.22. The fourth-order valence-electron chi connectivity index (χ4n) is 0.741. The Morgan fingerprint density at radius 3 is 2.93 bits per heavy atom. The maximum absolute atomic E-state index is 10.9. The summed E-state index contributed by atoms with van der Waals surface area (Å²) in [6, 6.07) is 1.61. The first kappa shape index (κ1) is 9.73. The number of carbonyl (C=O) groups is 1. The highest BCUT2D eigenvalue weighted by molar-refractivity contribution is 5.75. The second-order valence-electron chi connectivity index (χ2n) is 2.39. The van der Waals surface area contributed by atoms with Crippen LogP contribution in [-0.2, 0) is 0 Å². The zero-order valence-electron chi connectivity index (χ0n) is 7.21. The molecule has 7 heteroatoms. The Bertz CT molecular complexity index is 459. The van der Waals surface area contributed by atoms with Crippen molar-refractivity contribution >= 4 is 6.09 Å². The normalized spacial score (nSPS) is 9.14. The van der Waals surface area contributed by atoms with E-state index in [1.807, 2.05) is 0 Å². The number of amides is 1. The van der Waals surface area contributed by atoms with Crippen molar-refractivity contribution in [2.75, 3.05) is 12.1 Å². The van der Waals surface area contributed by atoms with E-state index in [0.717, 1.165) is 22.2 Å². The van der Waals surface area contributed by atoms with Gasteiger partial charge in [0.2, 0.25) is 0 Å². The van der Waals surface area contributed by atoms with Crippen molar-refractivity contribution < 1.29 is 9.90 Å². The summed E-state index contributed by atoms with van der Waals surface area (Å²) in [6.07, 6.45) is 0.903. The summed E-state index contributed by atoms with van der Waals surface area (Å²) < 4.78 is 1.03. The lowest BCUT2D eigenvalue weighted by atomic mass is 10.4. The van der Waals surface area contributed by atoms with Crippen LogP contribution in [0.2, 0.25) is 0 Å². The molecule has 1 N–H and O–H groups in total. The highest BCUT2D eigenvalue weighted by Crippen LogP contribution is 1.90. The molecule has 0 spiro atoms. The van der Waals surface area contributed by atoms with Gasteiger partial charge in [-0.05, 0) is 0 Å². The van der Waals surface area contributed by atoms with Gasteiger partial charge in [0.05, 0.1) is 6.20 Å². The van der Waals surface area contributed by atoms with E-state index >= 15 is 0 Å². The first-order chi connectivity index (χ1) is 6.56. The molecule has 0 aliphatic rings. The predicted molar refractivity (Wildman–Crippen MR) is 45.4 cm³/mol. The molecule has 0 saturated heterocycles. The second kappa shape index (κ2) is 3.57. The number of hydrogen-bond acceptors (Lipinski definition) is 4. The molecule has 0 bridgehead atoms. The van der Waals surface area contributed by atoms with E-state index < -0.39 is 11.7 Å². The van der Waals surface area contributed by atoms with E-state index in [0.29, 0.717) is 0 Å². The van der Waals surface area contributed by atoms with Crippen LogP contribution in [0.3, 0.4) is 0 Å². The van der Waals surface area contributed by atoms with Crippen molar-refractivity contribution in [2.24, 2.45) is 0 Å². The van der Waals surface area contributed by atoms with Crippen molar-refractivity contribution in [2.45, 2.75) is 0 Å². The van der Waals surface area contributed by atoms with Gasteiger partial charge in [-0.3, -0.25) is 4.79 Å². The SMILES string of the molecule is CN(C(=O)O)n1cnc(=O)c(C#N)c1. The molecular weight excluding hydrogens is 188 g/mol. The molecule has 0 aliphatic carbocycles. The molecule has 1 aromatic heterocycles. The van der Waals surface area contributed by atoms with Crippen LogP contribution in [0.1, 0.15) is 5.56 Å².